The van der Waals surface area contributed by atoms with E-state index < -0.39 is 8.07 Å². The van der Waals surface area contributed by atoms with Gasteiger partial charge < -0.3 is 8.19 Å². The minimum Gasteiger partial charge on any atom is -0.524 e. The normalized spacial score (nSPS) is 12.8. The third-order valence-corrected chi connectivity index (χ3v) is 7.29. The monoisotopic (exact) mass is 205 g/mol. The summed E-state index contributed by atoms with van der Waals surface area (Å²) in [6.07, 6.45) is 0. The highest BCUT2D eigenvalue weighted by molar-refractivity contribution is 7.47. The van der Waals surface area contributed by atoms with Crippen molar-refractivity contribution in [3.05, 3.63) is 30.3 Å². The van der Waals surface area contributed by atoms with Gasteiger partial charge >= 0.3 is 0 Å². The molecule has 0 radical (unpaired) electrons. The molecule has 0 aliphatic heterocycles. The molecular weight excluding hydrogens is 191 g/mol. The summed E-state index contributed by atoms with van der Waals surface area (Å²) >= 11 is 0. The van der Waals surface area contributed by atoms with Crippen LogP contribution in [0.1, 0.15) is 0 Å². The van der Waals surface area contributed by atoms with E-state index >= 15 is 0 Å². The molecule has 0 fully saturated rings. The largest absolute Gasteiger partial charge is 0.524 e. The van der Waals surface area contributed by atoms with Gasteiger partial charge in [0.15, 0.2) is 0 Å². The fraction of sp³-hybridized carbons (Fsp3) is 0.273. The lowest BCUT2D eigenvalue weighted by Gasteiger charge is -2.21. The number of fused-ring (bicyclic) bond motifs is 1. The first-order valence-electron chi connectivity index (χ1n) is 4.60. The molecule has 0 saturated heterocycles. The molecule has 0 amide bonds. The predicted molar refractivity (Wildman–Crippen MR) is 65.0 cm³/mol. The lowest BCUT2D eigenvalue weighted by Crippen LogP contribution is -2.34. The Bertz CT molecular complexity index is 390. The van der Waals surface area contributed by atoms with Gasteiger partial charge in [0.1, 0.15) is 0 Å². The van der Waals surface area contributed by atoms with E-state index in [0.29, 0.717) is 0 Å². The van der Waals surface area contributed by atoms with E-state index in [0.717, 1.165) is 0 Å². The van der Waals surface area contributed by atoms with E-state index in [1.807, 2.05) is 0 Å². The van der Waals surface area contributed by atoms with E-state index in [2.05, 4.69) is 50.0 Å². The number of rotatable bonds is 1. The van der Waals surface area contributed by atoms with Crippen LogP contribution in [-0.4, -0.2) is 8.07 Å². The Morgan fingerprint density at radius 2 is 1.77 bits per heavy atom. The van der Waals surface area contributed by atoms with Gasteiger partial charge in [0.2, 0.25) is 0 Å². The summed E-state index contributed by atoms with van der Waals surface area (Å²) in [5.41, 5.74) is 0. The highest BCUT2D eigenvalue weighted by atomic mass is 31.0. The van der Waals surface area contributed by atoms with Gasteiger partial charge in [-0.2, -0.15) is 5.12 Å². The van der Waals surface area contributed by atoms with Gasteiger partial charge in [0.25, 0.3) is 0 Å². The molecule has 0 aliphatic carbocycles. The summed E-state index contributed by atoms with van der Waals surface area (Å²) in [7, 11) is 0.382. The number of hydrogen-bond acceptors (Lipinski definition) is 0. The average Bonchev–Trinajstić information content (AvgIpc) is 2.45. The molecule has 0 bridgehead atoms. The maximum Gasteiger partial charge on any atom is 0.0441 e. The summed E-state index contributed by atoms with van der Waals surface area (Å²) in [6, 6.07) is 11.1. The van der Waals surface area contributed by atoms with E-state index in [4.69, 9.17) is 0 Å². The van der Waals surface area contributed by atoms with Gasteiger partial charge in [-0.3, -0.25) is 0 Å². The van der Waals surface area contributed by atoms with Crippen LogP contribution in [0.3, 0.4) is 0 Å². The van der Waals surface area contributed by atoms with Gasteiger partial charge in [-0.25, -0.2) is 4.92 Å². The molecule has 13 heavy (non-hydrogen) atoms. The molecule has 0 atom stereocenters. The lowest BCUT2D eigenvalue weighted by molar-refractivity contribution is 1.79. The maximum atomic E-state index is 2.41. The predicted octanol–water partition coefficient (Wildman–Crippen LogP) is 3.68. The van der Waals surface area contributed by atoms with Crippen molar-refractivity contribution in [1.29, 1.82) is 0 Å². The standard InChI is InChI=1S/C11H14PSi/c1-13(2,3)11-8-9-6-4-5-7-10(9)12-11/h4-8H,1-3H3/q-1. The molecule has 2 aromatic rings. The Morgan fingerprint density at radius 3 is 2.38 bits per heavy atom. The first-order valence-corrected chi connectivity index (χ1v) is 9.00. The van der Waals surface area contributed by atoms with Crippen molar-refractivity contribution in [1.82, 2.24) is 0 Å². The lowest BCUT2D eigenvalue weighted by atomic mass is 10.3. The molecule has 0 N–H and O–H groups in total. The van der Waals surface area contributed by atoms with Gasteiger partial charge in [-0.05, 0) is 0 Å². The minimum atomic E-state index is -1.07. The van der Waals surface area contributed by atoms with Gasteiger partial charge in [0, 0.05) is 8.07 Å². The van der Waals surface area contributed by atoms with Gasteiger partial charge in [0.05, 0.1) is 0 Å². The number of benzene rings is 1. The van der Waals surface area contributed by atoms with Crippen LogP contribution in [0.25, 0.3) is 10.5 Å². The molecule has 1 heterocycles. The van der Waals surface area contributed by atoms with Crippen molar-refractivity contribution >= 4 is 31.7 Å². The van der Waals surface area contributed by atoms with E-state index in [9.17, 15) is 0 Å². The average molecular weight is 205 g/mol. The molecule has 2 heteroatoms. The molecular formula is C11H14PSi-. The summed E-state index contributed by atoms with van der Waals surface area (Å²) < 4.78 is 0. The molecule has 68 valence electrons. The van der Waals surface area contributed by atoms with Crippen molar-refractivity contribution in [2.24, 2.45) is 0 Å². The third kappa shape index (κ3) is 1.72. The Balaban J connectivity index is 2.63. The van der Waals surface area contributed by atoms with Crippen LogP contribution in [0.15, 0.2) is 30.3 Å². The van der Waals surface area contributed by atoms with Crippen LogP contribution in [0.4, 0.5) is 0 Å². The van der Waals surface area contributed by atoms with Crippen molar-refractivity contribution in [2.75, 3.05) is 0 Å². The fourth-order valence-corrected chi connectivity index (χ4v) is 4.59. The van der Waals surface area contributed by atoms with Crippen molar-refractivity contribution < 1.29 is 0 Å². The van der Waals surface area contributed by atoms with Gasteiger partial charge in [-0.15, -0.1) is 0 Å². The fourth-order valence-electron chi connectivity index (χ4n) is 1.40. The molecule has 0 nitrogen and oxygen atoms in total. The van der Waals surface area contributed by atoms with Crippen LogP contribution < -0.4 is 4.92 Å². The molecule has 1 aromatic carbocycles. The Kier molecular flexibility index (Phi) is 2.09. The van der Waals surface area contributed by atoms with Crippen LogP contribution >= 0.6 is 8.19 Å². The molecule has 0 unspecified atom stereocenters. The Morgan fingerprint density at radius 1 is 1.08 bits per heavy atom. The highest BCUT2D eigenvalue weighted by Crippen LogP contribution is 2.25. The zero-order chi connectivity index (χ0) is 9.47. The van der Waals surface area contributed by atoms with Crippen molar-refractivity contribution in [3.63, 3.8) is 0 Å². The van der Waals surface area contributed by atoms with Crippen molar-refractivity contribution in [3.8, 4) is 0 Å². The van der Waals surface area contributed by atoms with Crippen LogP contribution in [0.5, 0.6) is 0 Å². The Hall–Kier alpha value is -0.523. The smallest absolute Gasteiger partial charge is 0.0441 e. The minimum absolute atomic E-state index is 1.07. The van der Waals surface area contributed by atoms with E-state index in [1.165, 1.54) is 18.7 Å². The summed E-state index contributed by atoms with van der Waals surface area (Å²) in [5, 5.41) is 2.92. The first kappa shape index (κ1) is 9.05. The summed E-state index contributed by atoms with van der Waals surface area (Å²) in [4.78, 5) is 1.66. The van der Waals surface area contributed by atoms with Crippen LogP contribution in [0.2, 0.25) is 19.6 Å². The second-order valence-corrected chi connectivity index (χ2v) is 11.1. The number of hydrogen-bond donors (Lipinski definition) is 0. The second kappa shape index (κ2) is 3.00. The maximum absolute atomic E-state index is 2.41. The molecule has 0 spiro atoms. The first-order chi connectivity index (χ1) is 6.07. The van der Waals surface area contributed by atoms with Crippen LogP contribution in [0, 0.1) is 0 Å². The molecule has 0 aliphatic rings. The quantitative estimate of drug-likeness (QED) is 0.623. The third-order valence-electron chi connectivity index (χ3n) is 2.24. The van der Waals surface area contributed by atoms with E-state index in [1.54, 1.807) is 4.92 Å². The zero-order valence-electron chi connectivity index (χ0n) is 8.33. The van der Waals surface area contributed by atoms with Crippen molar-refractivity contribution in [2.45, 2.75) is 19.6 Å². The highest BCUT2D eigenvalue weighted by Gasteiger charge is 2.10. The topological polar surface area (TPSA) is 0 Å². The summed E-state index contributed by atoms with van der Waals surface area (Å²) in [5.74, 6) is 0. The Labute approximate surface area is 82.1 Å². The SMILES string of the molecule is C[Si](C)(C)c1cc2ccccc2[p-]1. The molecule has 2 rings (SSSR count). The summed E-state index contributed by atoms with van der Waals surface area (Å²) in [6.45, 7) is 7.24. The van der Waals surface area contributed by atoms with Crippen LogP contribution in [-0.2, 0) is 0 Å². The molecule has 1 aromatic heterocycles. The zero-order valence-corrected chi connectivity index (χ0v) is 10.2. The van der Waals surface area contributed by atoms with E-state index in [-0.39, 0.29) is 0 Å². The second-order valence-electron chi connectivity index (χ2n) is 4.45. The van der Waals surface area contributed by atoms with Gasteiger partial charge in [-0.1, -0.05) is 55.4 Å². The molecule has 0 saturated carbocycles.